The van der Waals surface area contributed by atoms with E-state index in [1.165, 1.54) is 0 Å². The highest BCUT2D eigenvalue weighted by Gasteiger charge is 2.20. The van der Waals surface area contributed by atoms with Gasteiger partial charge in [0.05, 0.1) is 0 Å². The van der Waals surface area contributed by atoms with Gasteiger partial charge in [-0.1, -0.05) is 72.8 Å². The first kappa shape index (κ1) is 26.8. The first-order chi connectivity index (χ1) is 16.5. The summed E-state index contributed by atoms with van der Waals surface area (Å²) in [6.45, 7) is 5.26. The second-order valence-corrected chi connectivity index (χ2v) is 8.93. The molecule has 4 rings (SSSR count). The summed E-state index contributed by atoms with van der Waals surface area (Å²) >= 11 is 0. The van der Waals surface area contributed by atoms with Crippen molar-refractivity contribution in [3.63, 3.8) is 0 Å². The van der Waals surface area contributed by atoms with Crippen molar-refractivity contribution in [3.8, 4) is 11.5 Å². The quantitative estimate of drug-likeness (QED) is 0.295. The van der Waals surface area contributed by atoms with Crippen LogP contribution in [-0.2, 0) is 0 Å². The number of hydrogen-bond donors (Lipinski definition) is 2. The molecule has 0 bridgehead atoms. The Hall–Kier alpha value is -2.83. The third-order valence-electron chi connectivity index (χ3n) is 5.98. The summed E-state index contributed by atoms with van der Waals surface area (Å²) in [5.74, 6) is 1.52. The molecule has 6 heteroatoms. The van der Waals surface area contributed by atoms with Gasteiger partial charge in [0.25, 0.3) is 0 Å². The van der Waals surface area contributed by atoms with E-state index in [0.717, 1.165) is 33.0 Å². The van der Waals surface area contributed by atoms with E-state index in [1.54, 1.807) is 0 Å². The Morgan fingerprint density at radius 3 is 1.46 bits per heavy atom. The van der Waals surface area contributed by atoms with Crippen LogP contribution in [0.5, 0.6) is 11.5 Å². The van der Waals surface area contributed by atoms with Gasteiger partial charge in [-0.25, -0.2) is 0 Å². The third-order valence-corrected chi connectivity index (χ3v) is 5.98. The predicted molar refractivity (Wildman–Crippen MR) is 145 cm³/mol. The fourth-order valence-corrected chi connectivity index (χ4v) is 4.16. The molecule has 0 amide bonds. The van der Waals surface area contributed by atoms with Crippen molar-refractivity contribution in [3.05, 3.63) is 84.9 Å². The Labute approximate surface area is 213 Å². The van der Waals surface area contributed by atoms with E-state index < -0.39 is 12.2 Å². The van der Waals surface area contributed by atoms with E-state index in [1.807, 2.05) is 89.8 Å². The Balaban J connectivity index is 0.00000342. The van der Waals surface area contributed by atoms with Crippen molar-refractivity contribution in [2.24, 2.45) is 0 Å². The lowest BCUT2D eigenvalue weighted by atomic mass is 10.1. The molecule has 2 atom stereocenters. The van der Waals surface area contributed by atoms with Crippen molar-refractivity contribution in [2.45, 2.75) is 32.1 Å². The van der Waals surface area contributed by atoms with E-state index in [-0.39, 0.29) is 31.7 Å². The number of aliphatic hydroxyl groups excluding tert-OH is 2. The zero-order valence-electron chi connectivity index (χ0n) is 20.2. The van der Waals surface area contributed by atoms with Crippen molar-refractivity contribution < 1.29 is 19.7 Å². The van der Waals surface area contributed by atoms with Gasteiger partial charge in [0.15, 0.2) is 0 Å². The van der Waals surface area contributed by atoms with E-state index in [9.17, 15) is 10.2 Å². The predicted octanol–water partition coefficient (Wildman–Crippen LogP) is 5.30. The summed E-state index contributed by atoms with van der Waals surface area (Å²) in [5, 5.41) is 25.6. The van der Waals surface area contributed by atoms with E-state index in [4.69, 9.17) is 9.47 Å². The molecular weight excluding hydrogens is 462 g/mol. The summed E-state index contributed by atoms with van der Waals surface area (Å²) in [6, 6.07) is 28.1. The van der Waals surface area contributed by atoms with Gasteiger partial charge in [0, 0.05) is 29.9 Å². The number of fused-ring (bicyclic) bond motifs is 2. The van der Waals surface area contributed by atoms with Crippen LogP contribution in [0.3, 0.4) is 0 Å². The summed E-state index contributed by atoms with van der Waals surface area (Å²) in [7, 11) is 0. The maximum Gasteiger partial charge on any atom is 0.127 e. The Morgan fingerprint density at radius 2 is 1.03 bits per heavy atom. The molecule has 0 aliphatic rings. The maximum absolute atomic E-state index is 10.7. The first-order valence-electron chi connectivity index (χ1n) is 11.8. The Morgan fingerprint density at radius 1 is 0.629 bits per heavy atom. The highest BCUT2D eigenvalue weighted by Crippen LogP contribution is 2.26. The van der Waals surface area contributed by atoms with Gasteiger partial charge in [0.2, 0.25) is 0 Å². The summed E-state index contributed by atoms with van der Waals surface area (Å²) < 4.78 is 11.9. The van der Waals surface area contributed by atoms with E-state index in [0.29, 0.717) is 13.1 Å². The highest BCUT2D eigenvalue weighted by atomic mass is 35.5. The minimum absolute atomic E-state index is 0. The summed E-state index contributed by atoms with van der Waals surface area (Å²) in [5.41, 5.74) is 0. The molecule has 0 saturated heterocycles. The molecule has 4 aromatic carbocycles. The molecule has 186 valence electrons. The summed E-state index contributed by atoms with van der Waals surface area (Å²) in [4.78, 5) is 2.05. The third kappa shape index (κ3) is 7.09. The topological polar surface area (TPSA) is 62.2 Å². The van der Waals surface area contributed by atoms with Crippen LogP contribution in [0.4, 0.5) is 0 Å². The van der Waals surface area contributed by atoms with Gasteiger partial charge >= 0.3 is 0 Å². The number of nitrogens with zero attached hydrogens (tertiary/aromatic N) is 1. The minimum atomic E-state index is -0.687. The number of rotatable bonds is 11. The van der Waals surface area contributed by atoms with Gasteiger partial charge < -0.3 is 19.7 Å². The van der Waals surface area contributed by atoms with Gasteiger partial charge in [-0.2, -0.15) is 0 Å². The van der Waals surface area contributed by atoms with Gasteiger partial charge in [0.1, 0.15) is 36.9 Å². The molecule has 2 N–H and O–H groups in total. The normalized spacial score (nSPS) is 13.1. The lowest BCUT2D eigenvalue weighted by Crippen LogP contribution is -2.45. The molecule has 0 aromatic heterocycles. The van der Waals surface area contributed by atoms with Crippen LogP contribution < -0.4 is 9.47 Å². The molecule has 0 aliphatic heterocycles. The van der Waals surface area contributed by atoms with Crippen molar-refractivity contribution >= 4 is 34.0 Å². The van der Waals surface area contributed by atoms with Crippen molar-refractivity contribution in [1.82, 2.24) is 4.90 Å². The lowest BCUT2D eigenvalue weighted by molar-refractivity contribution is 0.0200. The average Bonchev–Trinajstić information content (AvgIpc) is 2.85. The Bertz CT molecular complexity index is 1110. The molecule has 0 spiro atoms. The molecule has 5 nitrogen and oxygen atoms in total. The maximum atomic E-state index is 10.7. The second kappa shape index (κ2) is 12.8. The van der Waals surface area contributed by atoms with Gasteiger partial charge in [-0.15, -0.1) is 12.4 Å². The van der Waals surface area contributed by atoms with E-state index in [2.05, 4.69) is 13.8 Å². The fraction of sp³-hybridized carbons (Fsp3) is 0.310. The highest BCUT2D eigenvalue weighted by molar-refractivity contribution is 5.88. The summed E-state index contributed by atoms with van der Waals surface area (Å²) in [6.07, 6.45) is -1.37. The lowest BCUT2D eigenvalue weighted by Gasteiger charge is -2.30. The standard InChI is InChI=1S/C29H33NO4.ClH/c1-21(2)30(17-24(31)19-33-28-15-7-11-22-9-3-5-13-26(22)28)18-25(32)20-34-29-16-8-12-23-10-4-6-14-27(23)29;/h3-16,21,24-25,31-32H,17-20H2,1-2H3;1H. The molecule has 0 fully saturated rings. The number of halogens is 1. The van der Waals surface area contributed by atoms with Crippen LogP contribution in [0, 0.1) is 0 Å². The zero-order chi connectivity index (χ0) is 23.9. The minimum Gasteiger partial charge on any atom is -0.490 e. The molecule has 35 heavy (non-hydrogen) atoms. The first-order valence-corrected chi connectivity index (χ1v) is 11.8. The van der Waals surface area contributed by atoms with Crippen LogP contribution in [0.25, 0.3) is 21.5 Å². The second-order valence-electron chi connectivity index (χ2n) is 8.93. The van der Waals surface area contributed by atoms with Crippen LogP contribution in [-0.4, -0.2) is 59.7 Å². The van der Waals surface area contributed by atoms with E-state index >= 15 is 0 Å². The fourth-order valence-electron chi connectivity index (χ4n) is 4.16. The smallest absolute Gasteiger partial charge is 0.127 e. The number of ether oxygens (including phenoxy) is 2. The average molecular weight is 496 g/mol. The van der Waals surface area contributed by atoms with Crippen LogP contribution in [0.1, 0.15) is 13.8 Å². The Kier molecular flexibility index (Phi) is 9.75. The number of aliphatic hydroxyl groups is 2. The van der Waals surface area contributed by atoms with Crippen LogP contribution in [0.2, 0.25) is 0 Å². The number of benzene rings is 4. The van der Waals surface area contributed by atoms with Crippen LogP contribution in [0.15, 0.2) is 84.9 Å². The monoisotopic (exact) mass is 495 g/mol. The van der Waals surface area contributed by atoms with Crippen molar-refractivity contribution in [1.29, 1.82) is 0 Å². The molecule has 0 heterocycles. The molecule has 0 radical (unpaired) electrons. The SMILES string of the molecule is CC(C)N(CC(O)COc1cccc2ccccc12)CC(O)COc1cccc2ccccc12.Cl. The zero-order valence-corrected chi connectivity index (χ0v) is 21.0. The largest absolute Gasteiger partial charge is 0.490 e. The number of hydrogen-bond acceptors (Lipinski definition) is 5. The van der Waals surface area contributed by atoms with Gasteiger partial charge in [-0.3, -0.25) is 4.90 Å². The van der Waals surface area contributed by atoms with Gasteiger partial charge in [-0.05, 0) is 36.8 Å². The molecule has 4 aromatic rings. The molecule has 2 unspecified atom stereocenters. The van der Waals surface area contributed by atoms with Crippen molar-refractivity contribution in [2.75, 3.05) is 26.3 Å². The van der Waals surface area contributed by atoms with Crippen LogP contribution >= 0.6 is 12.4 Å². The molecule has 0 aliphatic carbocycles. The molecular formula is C29H34ClNO4. The molecule has 0 saturated carbocycles.